The van der Waals surface area contributed by atoms with Gasteiger partial charge >= 0.3 is 5.97 Å². The predicted octanol–water partition coefficient (Wildman–Crippen LogP) is 2.44. The summed E-state index contributed by atoms with van der Waals surface area (Å²) in [7, 11) is 1.30. The second kappa shape index (κ2) is 4.80. The third-order valence-corrected chi connectivity index (χ3v) is 3.86. The average molecular weight is 272 g/mol. The van der Waals surface area contributed by atoms with Gasteiger partial charge in [-0.25, -0.2) is 4.79 Å². The van der Waals surface area contributed by atoms with Gasteiger partial charge in [0.2, 0.25) is 5.76 Å². The lowest BCUT2D eigenvalue weighted by atomic mass is 9.79. The van der Waals surface area contributed by atoms with Crippen LogP contribution in [0.5, 0.6) is 0 Å². The third-order valence-electron chi connectivity index (χ3n) is 3.86. The largest absolute Gasteiger partial charge is 0.463 e. The summed E-state index contributed by atoms with van der Waals surface area (Å²) >= 11 is 0. The van der Waals surface area contributed by atoms with Gasteiger partial charge in [0.15, 0.2) is 0 Å². The van der Waals surface area contributed by atoms with Crippen LogP contribution in [0.4, 0.5) is 0 Å². The summed E-state index contributed by atoms with van der Waals surface area (Å²) in [5.41, 5.74) is 1.33. The van der Waals surface area contributed by atoms with Gasteiger partial charge in [-0.1, -0.05) is 24.3 Å². The molecule has 3 rings (SSSR count). The van der Waals surface area contributed by atoms with Crippen molar-refractivity contribution in [2.45, 2.75) is 24.9 Å². The SMILES string of the molecule is COC(=O)c1ccc(C2(O)CCc3ccccc3C2)o1. The summed E-state index contributed by atoms with van der Waals surface area (Å²) < 4.78 is 10.1. The molecule has 0 aliphatic heterocycles. The Bertz CT molecular complexity index is 643. The molecule has 20 heavy (non-hydrogen) atoms. The number of carbonyl (C=O) groups is 1. The quantitative estimate of drug-likeness (QED) is 0.853. The van der Waals surface area contributed by atoms with Gasteiger partial charge in [-0.15, -0.1) is 0 Å². The van der Waals surface area contributed by atoms with E-state index in [1.807, 2.05) is 18.2 Å². The maximum Gasteiger partial charge on any atom is 0.373 e. The second-order valence-corrected chi connectivity index (χ2v) is 5.13. The Balaban J connectivity index is 1.90. The number of furan rings is 1. The monoisotopic (exact) mass is 272 g/mol. The molecule has 0 fully saturated rings. The molecule has 1 N–H and O–H groups in total. The smallest absolute Gasteiger partial charge is 0.373 e. The van der Waals surface area contributed by atoms with Crippen LogP contribution in [-0.2, 0) is 23.2 Å². The number of hydrogen-bond donors (Lipinski definition) is 1. The molecule has 4 nitrogen and oxygen atoms in total. The van der Waals surface area contributed by atoms with Gasteiger partial charge in [-0.05, 0) is 36.1 Å². The van der Waals surface area contributed by atoms with E-state index in [9.17, 15) is 9.90 Å². The lowest BCUT2D eigenvalue weighted by Gasteiger charge is -2.31. The van der Waals surface area contributed by atoms with E-state index in [4.69, 9.17) is 4.42 Å². The van der Waals surface area contributed by atoms with E-state index in [1.165, 1.54) is 12.7 Å². The van der Waals surface area contributed by atoms with Crippen LogP contribution in [0.2, 0.25) is 0 Å². The molecule has 0 saturated heterocycles. The molecular formula is C16H16O4. The Hall–Kier alpha value is -2.07. The topological polar surface area (TPSA) is 59.7 Å². The molecule has 0 radical (unpaired) electrons. The van der Waals surface area contributed by atoms with E-state index in [1.54, 1.807) is 12.1 Å². The van der Waals surface area contributed by atoms with Crippen LogP contribution in [0.1, 0.15) is 33.9 Å². The van der Waals surface area contributed by atoms with Gasteiger partial charge in [-0.2, -0.15) is 0 Å². The van der Waals surface area contributed by atoms with Crippen molar-refractivity contribution < 1.29 is 19.1 Å². The van der Waals surface area contributed by atoms with Gasteiger partial charge in [0.25, 0.3) is 0 Å². The highest BCUT2D eigenvalue weighted by atomic mass is 16.5. The first kappa shape index (κ1) is 12.9. The Morgan fingerprint density at radius 3 is 2.75 bits per heavy atom. The lowest BCUT2D eigenvalue weighted by molar-refractivity contribution is -0.000271. The van der Waals surface area contributed by atoms with Gasteiger partial charge in [0.05, 0.1) is 7.11 Å². The highest BCUT2D eigenvalue weighted by molar-refractivity contribution is 5.86. The molecule has 0 spiro atoms. The number of rotatable bonds is 2. The number of ether oxygens (including phenoxy) is 1. The zero-order chi connectivity index (χ0) is 14.2. The first-order chi connectivity index (χ1) is 9.62. The van der Waals surface area contributed by atoms with Crippen LogP contribution in [0, 0.1) is 0 Å². The van der Waals surface area contributed by atoms with Crippen molar-refractivity contribution in [3.8, 4) is 0 Å². The number of esters is 1. The molecule has 4 heteroatoms. The van der Waals surface area contributed by atoms with E-state index in [-0.39, 0.29) is 5.76 Å². The Morgan fingerprint density at radius 2 is 2.00 bits per heavy atom. The molecule has 1 aliphatic rings. The van der Waals surface area contributed by atoms with Gasteiger partial charge in [0.1, 0.15) is 11.4 Å². The zero-order valence-corrected chi connectivity index (χ0v) is 11.3. The summed E-state index contributed by atoms with van der Waals surface area (Å²) in [4.78, 5) is 11.4. The first-order valence-electron chi connectivity index (χ1n) is 6.60. The van der Waals surface area contributed by atoms with E-state index < -0.39 is 11.6 Å². The van der Waals surface area contributed by atoms with Crippen molar-refractivity contribution >= 4 is 5.97 Å². The minimum atomic E-state index is -1.05. The summed E-state index contributed by atoms with van der Waals surface area (Å²) in [5, 5.41) is 10.8. The maximum absolute atomic E-state index is 11.4. The molecule has 0 saturated carbocycles. The molecule has 0 bridgehead atoms. The predicted molar refractivity (Wildman–Crippen MR) is 72.4 cm³/mol. The van der Waals surface area contributed by atoms with Crippen LogP contribution in [-0.4, -0.2) is 18.2 Å². The molecule has 104 valence electrons. The van der Waals surface area contributed by atoms with Gasteiger partial charge in [-0.3, -0.25) is 0 Å². The average Bonchev–Trinajstić information content (AvgIpc) is 2.97. The number of aliphatic hydroxyl groups is 1. The van der Waals surface area contributed by atoms with Crippen LogP contribution >= 0.6 is 0 Å². The van der Waals surface area contributed by atoms with E-state index >= 15 is 0 Å². The number of benzene rings is 1. The van der Waals surface area contributed by atoms with Crippen LogP contribution in [0.15, 0.2) is 40.8 Å². The van der Waals surface area contributed by atoms with Gasteiger partial charge in [0, 0.05) is 6.42 Å². The highest BCUT2D eigenvalue weighted by Gasteiger charge is 2.37. The Morgan fingerprint density at radius 1 is 1.25 bits per heavy atom. The minimum absolute atomic E-state index is 0.120. The molecule has 2 aromatic rings. The fourth-order valence-electron chi connectivity index (χ4n) is 2.73. The summed E-state index contributed by atoms with van der Waals surface area (Å²) in [6.45, 7) is 0. The minimum Gasteiger partial charge on any atom is -0.463 e. The summed E-state index contributed by atoms with van der Waals surface area (Å²) in [5.74, 6) is 0.0123. The molecule has 1 heterocycles. The molecule has 1 aliphatic carbocycles. The number of methoxy groups -OCH3 is 1. The van der Waals surface area contributed by atoms with Crippen LogP contribution in [0.3, 0.4) is 0 Å². The fourth-order valence-corrected chi connectivity index (χ4v) is 2.73. The van der Waals surface area contributed by atoms with E-state index in [2.05, 4.69) is 10.8 Å². The van der Waals surface area contributed by atoms with E-state index in [0.29, 0.717) is 18.6 Å². The zero-order valence-electron chi connectivity index (χ0n) is 11.3. The second-order valence-electron chi connectivity index (χ2n) is 5.13. The van der Waals surface area contributed by atoms with Crippen LogP contribution in [0.25, 0.3) is 0 Å². The van der Waals surface area contributed by atoms with Crippen molar-refractivity contribution in [3.63, 3.8) is 0 Å². The normalized spacial score (nSPS) is 21.3. The molecule has 1 aromatic heterocycles. The van der Waals surface area contributed by atoms with Crippen molar-refractivity contribution in [1.82, 2.24) is 0 Å². The molecule has 1 aromatic carbocycles. The van der Waals surface area contributed by atoms with Crippen molar-refractivity contribution in [2.75, 3.05) is 7.11 Å². The number of carbonyl (C=O) groups excluding carboxylic acids is 1. The summed E-state index contributed by atoms with van der Waals surface area (Å²) in [6, 6.07) is 11.3. The third kappa shape index (κ3) is 2.12. The van der Waals surface area contributed by atoms with Crippen molar-refractivity contribution in [3.05, 3.63) is 59.0 Å². The molecule has 1 unspecified atom stereocenters. The highest BCUT2D eigenvalue weighted by Crippen LogP contribution is 2.37. The Labute approximate surface area is 117 Å². The molecular weight excluding hydrogens is 256 g/mol. The fraction of sp³-hybridized carbons (Fsp3) is 0.312. The van der Waals surface area contributed by atoms with Crippen molar-refractivity contribution in [1.29, 1.82) is 0 Å². The maximum atomic E-state index is 11.4. The van der Waals surface area contributed by atoms with E-state index in [0.717, 1.165) is 12.0 Å². The lowest BCUT2D eigenvalue weighted by Crippen LogP contribution is -2.32. The molecule has 0 amide bonds. The number of fused-ring (bicyclic) bond motifs is 1. The van der Waals surface area contributed by atoms with Crippen LogP contribution < -0.4 is 0 Å². The summed E-state index contributed by atoms with van der Waals surface area (Å²) in [6.07, 6.45) is 1.87. The van der Waals surface area contributed by atoms with Gasteiger partial charge < -0.3 is 14.3 Å². The number of hydrogen-bond acceptors (Lipinski definition) is 4. The van der Waals surface area contributed by atoms with Crippen molar-refractivity contribution in [2.24, 2.45) is 0 Å². The molecule has 1 atom stereocenters. The first-order valence-corrected chi connectivity index (χ1v) is 6.60. The Kier molecular flexibility index (Phi) is 3.10. The number of aryl methyl sites for hydroxylation is 1. The standard InChI is InChI=1S/C16H16O4/c1-19-15(17)13-6-7-14(20-13)16(18)9-8-11-4-2-3-5-12(11)10-16/h2-7,18H,8-10H2,1H3.